The van der Waals surface area contributed by atoms with Crippen LogP contribution in [-0.4, -0.2) is 24.8 Å². The smallest absolute Gasteiger partial charge is 0.337 e. The number of rotatable bonds is 3. The van der Waals surface area contributed by atoms with Crippen LogP contribution in [0.1, 0.15) is 19.4 Å². The number of nitrogens with zero attached hydrogens (tertiary/aromatic N) is 1. The molecule has 0 aliphatic heterocycles. The van der Waals surface area contributed by atoms with Crippen LogP contribution in [0.2, 0.25) is 0 Å². The number of aliphatic hydroxyl groups is 1. The summed E-state index contributed by atoms with van der Waals surface area (Å²) < 4.78 is 5.25. The second kappa shape index (κ2) is 6.27. The molecule has 104 valence electrons. The van der Waals surface area contributed by atoms with E-state index in [0.717, 1.165) is 24.2 Å². The van der Waals surface area contributed by atoms with E-state index in [1.807, 2.05) is 18.2 Å². The average molecular weight is 271 g/mol. The van der Waals surface area contributed by atoms with E-state index in [0.29, 0.717) is 11.1 Å². The summed E-state index contributed by atoms with van der Waals surface area (Å²) in [5.74, 6) is 5.34. The van der Waals surface area contributed by atoms with E-state index < -0.39 is 5.63 Å². The van der Waals surface area contributed by atoms with Gasteiger partial charge in [-0.25, -0.2) is 4.79 Å². The van der Waals surface area contributed by atoms with Crippen LogP contribution in [0.5, 0.6) is 0 Å². The van der Waals surface area contributed by atoms with Crippen LogP contribution in [0.3, 0.4) is 0 Å². The second-order valence-corrected chi connectivity index (χ2v) is 4.29. The van der Waals surface area contributed by atoms with Gasteiger partial charge in [-0.3, -0.25) is 0 Å². The zero-order chi connectivity index (χ0) is 14.5. The molecule has 0 amide bonds. The standard InChI is InChI=1S/C16H17NO3/c1-3-17(4-2)13-7-8-14-12(6-5-9-18)10-16(19)20-15(14)11-13/h7-8,10-11,18H,3-4,9H2,1-2H3. The van der Waals surface area contributed by atoms with Crippen LogP contribution < -0.4 is 10.5 Å². The average Bonchev–Trinajstić information content (AvgIpc) is 2.45. The molecule has 4 heteroatoms. The van der Waals surface area contributed by atoms with Gasteiger partial charge in [0, 0.05) is 41.9 Å². The molecular formula is C16H17NO3. The first kappa shape index (κ1) is 14.2. The summed E-state index contributed by atoms with van der Waals surface area (Å²) in [5, 5.41) is 9.55. The monoisotopic (exact) mass is 271 g/mol. The molecule has 1 heterocycles. The number of hydrogen-bond donors (Lipinski definition) is 1. The van der Waals surface area contributed by atoms with E-state index >= 15 is 0 Å². The highest BCUT2D eigenvalue weighted by molar-refractivity contribution is 5.86. The summed E-state index contributed by atoms with van der Waals surface area (Å²) in [6.07, 6.45) is 0. The minimum atomic E-state index is -0.434. The normalized spacial score (nSPS) is 10.2. The Morgan fingerprint density at radius 3 is 2.65 bits per heavy atom. The fourth-order valence-corrected chi connectivity index (χ4v) is 2.18. The van der Waals surface area contributed by atoms with E-state index in [4.69, 9.17) is 9.52 Å². The topological polar surface area (TPSA) is 53.7 Å². The molecule has 0 bridgehead atoms. The maximum Gasteiger partial charge on any atom is 0.337 e. The zero-order valence-electron chi connectivity index (χ0n) is 11.6. The second-order valence-electron chi connectivity index (χ2n) is 4.29. The first-order valence-corrected chi connectivity index (χ1v) is 6.62. The lowest BCUT2D eigenvalue weighted by molar-refractivity contribution is 0.350. The highest BCUT2D eigenvalue weighted by atomic mass is 16.4. The van der Waals surface area contributed by atoms with Gasteiger partial charge in [-0.15, -0.1) is 0 Å². The molecule has 1 N–H and O–H groups in total. The van der Waals surface area contributed by atoms with Crippen LogP contribution in [0.4, 0.5) is 5.69 Å². The summed E-state index contributed by atoms with van der Waals surface area (Å²) in [6.45, 7) is 5.69. The summed E-state index contributed by atoms with van der Waals surface area (Å²) in [7, 11) is 0. The SMILES string of the molecule is CCN(CC)c1ccc2c(C#CCO)cc(=O)oc2c1. The largest absolute Gasteiger partial charge is 0.423 e. The number of benzene rings is 1. The molecule has 0 unspecified atom stereocenters. The lowest BCUT2D eigenvalue weighted by Gasteiger charge is -2.21. The van der Waals surface area contributed by atoms with Crippen molar-refractivity contribution in [2.24, 2.45) is 0 Å². The highest BCUT2D eigenvalue weighted by Gasteiger charge is 2.07. The summed E-state index contributed by atoms with van der Waals surface area (Å²) >= 11 is 0. The van der Waals surface area contributed by atoms with Crippen LogP contribution in [-0.2, 0) is 0 Å². The maximum absolute atomic E-state index is 11.6. The van der Waals surface area contributed by atoms with Crippen molar-refractivity contribution < 1.29 is 9.52 Å². The molecule has 2 rings (SSSR count). The lowest BCUT2D eigenvalue weighted by Crippen LogP contribution is -2.21. The third kappa shape index (κ3) is 2.84. The molecule has 20 heavy (non-hydrogen) atoms. The van der Waals surface area contributed by atoms with E-state index in [9.17, 15) is 4.79 Å². The van der Waals surface area contributed by atoms with E-state index in [1.54, 1.807) is 0 Å². The van der Waals surface area contributed by atoms with E-state index in [1.165, 1.54) is 6.07 Å². The van der Waals surface area contributed by atoms with Gasteiger partial charge in [-0.05, 0) is 26.0 Å². The van der Waals surface area contributed by atoms with Crippen LogP contribution >= 0.6 is 0 Å². The minimum Gasteiger partial charge on any atom is -0.423 e. The molecule has 0 aliphatic carbocycles. The third-order valence-corrected chi connectivity index (χ3v) is 3.16. The molecule has 0 atom stereocenters. The van der Waals surface area contributed by atoms with Gasteiger partial charge in [0.15, 0.2) is 0 Å². The van der Waals surface area contributed by atoms with Gasteiger partial charge < -0.3 is 14.4 Å². The quantitative estimate of drug-likeness (QED) is 0.685. The Kier molecular flexibility index (Phi) is 4.44. The number of fused-ring (bicyclic) bond motifs is 1. The Morgan fingerprint density at radius 2 is 2.00 bits per heavy atom. The van der Waals surface area contributed by atoms with Crippen molar-refractivity contribution in [2.75, 3.05) is 24.6 Å². The van der Waals surface area contributed by atoms with Gasteiger partial charge in [0.1, 0.15) is 12.2 Å². The Morgan fingerprint density at radius 1 is 1.25 bits per heavy atom. The zero-order valence-corrected chi connectivity index (χ0v) is 11.6. The van der Waals surface area contributed by atoms with Crippen molar-refractivity contribution in [2.45, 2.75) is 13.8 Å². The Hall–Kier alpha value is -2.25. The maximum atomic E-state index is 11.6. The Bertz CT molecular complexity index is 718. The molecule has 0 fully saturated rings. The van der Waals surface area contributed by atoms with Crippen molar-refractivity contribution in [3.8, 4) is 11.8 Å². The first-order chi connectivity index (χ1) is 9.69. The van der Waals surface area contributed by atoms with Crippen LogP contribution in [0.15, 0.2) is 33.5 Å². The minimum absolute atomic E-state index is 0.237. The molecule has 0 spiro atoms. The van der Waals surface area contributed by atoms with Crippen molar-refractivity contribution in [3.05, 3.63) is 40.2 Å². The summed E-state index contributed by atoms with van der Waals surface area (Å²) in [4.78, 5) is 13.7. The summed E-state index contributed by atoms with van der Waals surface area (Å²) in [5.41, 5.74) is 1.68. The highest BCUT2D eigenvalue weighted by Crippen LogP contribution is 2.23. The molecule has 0 aliphatic rings. The van der Waals surface area contributed by atoms with Crippen molar-refractivity contribution in [1.29, 1.82) is 0 Å². The van der Waals surface area contributed by atoms with Crippen LogP contribution in [0.25, 0.3) is 11.0 Å². The molecule has 2 aromatic rings. The molecule has 0 radical (unpaired) electrons. The molecule has 1 aromatic carbocycles. The Labute approximate surface area is 117 Å². The van der Waals surface area contributed by atoms with Gasteiger partial charge in [0.05, 0.1) is 0 Å². The molecule has 1 aromatic heterocycles. The fraction of sp³-hybridized carbons (Fsp3) is 0.312. The van der Waals surface area contributed by atoms with Crippen LogP contribution in [0, 0.1) is 11.8 Å². The molecule has 0 saturated carbocycles. The predicted molar refractivity (Wildman–Crippen MR) is 80.0 cm³/mol. The van der Waals surface area contributed by atoms with Gasteiger partial charge >= 0.3 is 5.63 Å². The van der Waals surface area contributed by atoms with E-state index in [2.05, 4.69) is 30.6 Å². The fourth-order valence-electron chi connectivity index (χ4n) is 2.18. The Balaban J connectivity index is 2.61. The molecular weight excluding hydrogens is 254 g/mol. The van der Waals surface area contributed by atoms with Crippen molar-refractivity contribution >= 4 is 16.7 Å². The summed E-state index contributed by atoms with van der Waals surface area (Å²) in [6, 6.07) is 7.09. The number of aliphatic hydroxyl groups excluding tert-OH is 1. The molecule has 4 nitrogen and oxygen atoms in total. The predicted octanol–water partition coefficient (Wildman–Crippen LogP) is 1.98. The van der Waals surface area contributed by atoms with Crippen molar-refractivity contribution in [1.82, 2.24) is 0 Å². The van der Waals surface area contributed by atoms with Gasteiger partial charge in [-0.1, -0.05) is 11.8 Å². The third-order valence-electron chi connectivity index (χ3n) is 3.16. The number of anilines is 1. The number of hydrogen-bond acceptors (Lipinski definition) is 4. The lowest BCUT2D eigenvalue weighted by atomic mass is 10.1. The molecule has 0 saturated heterocycles. The van der Waals surface area contributed by atoms with Gasteiger partial charge in [-0.2, -0.15) is 0 Å². The van der Waals surface area contributed by atoms with Gasteiger partial charge in [0.25, 0.3) is 0 Å². The van der Waals surface area contributed by atoms with Gasteiger partial charge in [0.2, 0.25) is 0 Å². The first-order valence-electron chi connectivity index (χ1n) is 6.62. The van der Waals surface area contributed by atoms with Crippen molar-refractivity contribution in [3.63, 3.8) is 0 Å². The van der Waals surface area contributed by atoms with E-state index in [-0.39, 0.29) is 6.61 Å².